The Labute approximate surface area is 205 Å². The van der Waals surface area contributed by atoms with E-state index in [-0.39, 0.29) is 9.79 Å². The van der Waals surface area contributed by atoms with E-state index in [9.17, 15) is 21.9 Å². The Morgan fingerprint density at radius 1 is 0.886 bits per heavy atom. The van der Waals surface area contributed by atoms with Gasteiger partial charge in [-0.15, -0.1) is 0 Å². The van der Waals surface area contributed by atoms with Crippen molar-refractivity contribution in [1.29, 1.82) is 0 Å². The molecule has 0 radical (unpaired) electrons. The highest BCUT2D eigenvalue weighted by atomic mass is 32.2. The summed E-state index contributed by atoms with van der Waals surface area (Å²) in [6.07, 6.45) is -6.12. The lowest BCUT2D eigenvalue weighted by Gasteiger charge is -2.28. The van der Waals surface area contributed by atoms with Crippen LogP contribution in [0.2, 0.25) is 0 Å². The summed E-state index contributed by atoms with van der Waals surface area (Å²) in [6.45, 7) is 6.14. The Hall–Kier alpha value is -1.90. The molecule has 5 atom stereocenters. The average Bonchev–Trinajstić information content (AvgIpc) is 3.24. The van der Waals surface area contributed by atoms with Gasteiger partial charge in [0.2, 0.25) is 0 Å². The highest BCUT2D eigenvalue weighted by Crippen LogP contribution is 2.39. The third kappa shape index (κ3) is 5.75. The topological polar surface area (TPSA) is 135 Å². The second-order valence-corrected chi connectivity index (χ2v) is 12.2. The van der Waals surface area contributed by atoms with Crippen molar-refractivity contribution >= 4 is 20.2 Å². The lowest BCUT2D eigenvalue weighted by atomic mass is 10.1. The Bertz CT molecular complexity index is 1250. The van der Waals surface area contributed by atoms with Gasteiger partial charge in [0, 0.05) is 0 Å². The molecule has 192 valence electrons. The maximum Gasteiger partial charge on any atom is 0.297 e. The molecule has 0 saturated carbocycles. The van der Waals surface area contributed by atoms with E-state index in [1.165, 1.54) is 24.3 Å². The lowest BCUT2D eigenvalue weighted by molar-refractivity contribution is -0.225. The summed E-state index contributed by atoms with van der Waals surface area (Å²) in [4.78, 5) is -0.253. The number of fused-ring (bicyclic) bond motifs is 1. The number of ether oxygens (including phenoxy) is 3. The summed E-state index contributed by atoms with van der Waals surface area (Å²) >= 11 is 0. The van der Waals surface area contributed by atoms with E-state index < -0.39 is 63.3 Å². The maximum absolute atomic E-state index is 13.0. The fourth-order valence-electron chi connectivity index (χ4n) is 3.85. The van der Waals surface area contributed by atoms with Gasteiger partial charge in [0.05, 0.1) is 16.4 Å². The van der Waals surface area contributed by atoms with Gasteiger partial charge < -0.3 is 19.3 Å². The molecule has 2 aromatic carbocycles. The molecule has 2 aliphatic rings. The fourth-order valence-corrected chi connectivity index (χ4v) is 5.84. The van der Waals surface area contributed by atoms with E-state index in [4.69, 9.17) is 22.6 Å². The first-order chi connectivity index (χ1) is 16.3. The van der Waals surface area contributed by atoms with Gasteiger partial charge in [0.15, 0.2) is 12.1 Å². The van der Waals surface area contributed by atoms with Gasteiger partial charge in [-0.25, -0.2) is 0 Å². The molecule has 0 spiro atoms. The molecule has 0 unspecified atom stereocenters. The van der Waals surface area contributed by atoms with E-state index in [0.717, 1.165) is 11.1 Å². The summed E-state index contributed by atoms with van der Waals surface area (Å²) in [5.74, 6) is -1.02. The van der Waals surface area contributed by atoms with Crippen LogP contribution in [0.1, 0.15) is 25.0 Å². The average molecular weight is 529 g/mol. The van der Waals surface area contributed by atoms with Crippen LogP contribution in [0.5, 0.6) is 0 Å². The minimum absolute atomic E-state index is 0.110. The Morgan fingerprint density at radius 3 is 1.91 bits per heavy atom. The van der Waals surface area contributed by atoms with E-state index in [1.807, 2.05) is 0 Å². The van der Waals surface area contributed by atoms with Crippen molar-refractivity contribution in [2.24, 2.45) is 0 Å². The van der Waals surface area contributed by atoms with Crippen molar-refractivity contribution in [3.8, 4) is 0 Å². The van der Waals surface area contributed by atoms with Crippen molar-refractivity contribution in [1.82, 2.24) is 0 Å². The Morgan fingerprint density at radius 2 is 1.40 bits per heavy atom. The number of aliphatic hydroxyl groups excluding tert-OH is 1. The van der Waals surface area contributed by atoms with E-state index in [2.05, 4.69) is 0 Å². The van der Waals surface area contributed by atoms with E-state index >= 15 is 0 Å². The first-order valence-electron chi connectivity index (χ1n) is 10.9. The number of benzene rings is 2. The van der Waals surface area contributed by atoms with Crippen LogP contribution in [0.3, 0.4) is 0 Å². The van der Waals surface area contributed by atoms with Crippen molar-refractivity contribution in [3.05, 3.63) is 59.7 Å². The molecule has 35 heavy (non-hydrogen) atoms. The molecule has 10 nitrogen and oxygen atoms in total. The molecular weight excluding hydrogens is 500 g/mol. The quantitative estimate of drug-likeness (QED) is 0.507. The minimum Gasteiger partial charge on any atom is -0.387 e. The molecular formula is C23H28O10S2. The van der Waals surface area contributed by atoms with Gasteiger partial charge in [0.25, 0.3) is 20.2 Å². The molecule has 2 fully saturated rings. The minimum atomic E-state index is -4.37. The maximum atomic E-state index is 13.0. The van der Waals surface area contributed by atoms with Crippen molar-refractivity contribution in [3.63, 3.8) is 0 Å². The molecule has 4 rings (SSSR count). The summed E-state index contributed by atoms with van der Waals surface area (Å²) < 4.78 is 78.9. The van der Waals surface area contributed by atoms with Gasteiger partial charge in [0.1, 0.15) is 24.4 Å². The third-order valence-electron chi connectivity index (χ3n) is 5.68. The zero-order valence-corrected chi connectivity index (χ0v) is 21.3. The molecule has 0 bridgehead atoms. The standard InChI is InChI=1S/C23H28O10S2/c1-14-5-9-16(10-6-14)34(25,26)29-13-18(33-35(27,28)17-11-7-15(2)8-12-17)20-19(24)21-22(30-20)32-23(3,4)31-21/h5-12,18-22,24H,13H2,1-4H3/t18-,19+,20-,21-,22+/m1/s1. The van der Waals surface area contributed by atoms with E-state index in [0.29, 0.717) is 0 Å². The van der Waals surface area contributed by atoms with Crippen molar-refractivity contribution in [2.75, 3.05) is 6.61 Å². The largest absolute Gasteiger partial charge is 0.387 e. The van der Waals surface area contributed by atoms with Crippen molar-refractivity contribution < 1.29 is 44.5 Å². The summed E-state index contributed by atoms with van der Waals surface area (Å²) in [5.41, 5.74) is 1.69. The predicted octanol–water partition coefficient (Wildman–Crippen LogP) is 2.02. The number of aryl methyl sites for hydroxylation is 2. The van der Waals surface area contributed by atoms with Gasteiger partial charge in [-0.3, -0.25) is 8.37 Å². The molecule has 2 saturated heterocycles. The normalized spacial score (nSPS) is 27.0. The number of aliphatic hydroxyl groups is 1. The van der Waals surface area contributed by atoms with Crippen LogP contribution in [-0.4, -0.2) is 65.0 Å². The van der Waals surface area contributed by atoms with Gasteiger partial charge in [-0.05, 0) is 52.0 Å². The highest BCUT2D eigenvalue weighted by Gasteiger charge is 2.57. The van der Waals surface area contributed by atoms with Crippen LogP contribution in [0.4, 0.5) is 0 Å². The van der Waals surface area contributed by atoms with Gasteiger partial charge >= 0.3 is 0 Å². The molecule has 12 heteroatoms. The second kappa shape index (κ2) is 9.52. The third-order valence-corrected chi connectivity index (χ3v) is 8.32. The van der Waals surface area contributed by atoms with Gasteiger partial charge in [-0.2, -0.15) is 16.8 Å². The molecule has 0 amide bonds. The van der Waals surface area contributed by atoms with E-state index in [1.54, 1.807) is 52.0 Å². The molecule has 0 aromatic heterocycles. The number of rotatable bonds is 8. The zero-order chi connectivity index (χ0) is 25.6. The van der Waals surface area contributed by atoms with Crippen LogP contribution >= 0.6 is 0 Å². The molecule has 0 aliphatic carbocycles. The monoisotopic (exact) mass is 528 g/mol. The Balaban J connectivity index is 1.58. The molecule has 1 N–H and O–H groups in total. The Kier molecular flexibility index (Phi) is 7.12. The smallest absolute Gasteiger partial charge is 0.297 e. The first-order valence-corrected chi connectivity index (χ1v) is 13.7. The van der Waals surface area contributed by atoms with Gasteiger partial charge in [-0.1, -0.05) is 35.4 Å². The molecule has 2 heterocycles. The molecule has 2 aromatic rings. The lowest BCUT2D eigenvalue weighted by Crippen LogP contribution is -2.45. The molecule has 2 aliphatic heterocycles. The second-order valence-electron chi connectivity index (χ2n) is 9.01. The van der Waals surface area contributed by atoms with Crippen molar-refractivity contribution in [2.45, 2.75) is 74.0 Å². The van der Waals surface area contributed by atoms with Crippen LogP contribution < -0.4 is 0 Å². The van der Waals surface area contributed by atoms with Crippen LogP contribution in [0.25, 0.3) is 0 Å². The predicted molar refractivity (Wildman–Crippen MR) is 122 cm³/mol. The van der Waals surface area contributed by atoms with Crippen LogP contribution in [0.15, 0.2) is 58.3 Å². The van der Waals surface area contributed by atoms with Crippen LogP contribution in [0, 0.1) is 13.8 Å². The zero-order valence-electron chi connectivity index (χ0n) is 19.7. The summed E-state index contributed by atoms with van der Waals surface area (Å²) in [5, 5.41) is 10.8. The van der Waals surface area contributed by atoms with Crippen LogP contribution in [-0.2, 0) is 42.8 Å². The SMILES string of the molecule is Cc1ccc(S(=O)(=O)OC[C@@H](OS(=O)(=O)c2ccc(C)cc2)[C@H]2O[C@H]3OC(C)(C)O[C@@H]3[C@H]2O)cc1. The first kappa shape index (κ1) is 26.2. The number of hydrogen-bond donors (Lipinski definition) is 1. The highest BCUT2D eigenvalue weighted by molar-refractivity contribution is 7.87. The number of hydrogen-bond acceptors (Lipinski definition) is 10. The summed E-state index contributed by atoms with van der Waals surface area (Å²) in [7, 11) is -8.63. The fraction of sp³-hybridized carbons (Fsp3) is 0.478. The summed E-state index contributed by atoms with van der Waals surface area (Å²) in [6, 6.07) is 11.9.